The van der Waals surface area contributed by atoms with Gasteiger partial charge < -0.3 is 5.11 Å². The Labute approximate surface area is 105 Å². The highest BCUT2D eigenvalue weighted by Gasteiger charge is 2.05. The van der Waals surface area contributed by atoms with Gasteiger partial charge in [-0.2, -0.15) is 0 Å². The quantitative estimate of drug-likeness (QED) is 0.784. The fourth-order valence-electron chi connectivity index (χ4n) is 1.68. The summed E-state index contributed by atoms with van der Waals surface area (Å²) in [4.78, 5) is 10.3. The van der Waals surface area contributed by atoms with Crippen LogP contribution in [0, 0.1) is 12.7 Å². The minimum absolute atomic E-state index is 0.205. The van der Waals surface area contributed by atoms with Crippen molar-refractivity contribution in [1.29, 1.82) is 0 Å². The van der Waals surface area contributed by atoms with Crippen molar-refractivity contribution in [2.45, 2.75) is 39.0 Å². The van der Waals surface area contributed by atoms with Crippen LogP contribution in [0.4, 0.5) is 4.39 Å². The summed E-state index contributed by atoms with van der Waals surface area (Å²) in [6.45, 7) is 1.71. The van der Waals surface area contributed by atoms with Crippen LogP contribution in [0.2, 0.25) is 5.02 Å². The largest absolute Gasteiger partial charge is 0.481 e. The van der Waals surface area contributed by atoms with Crippen molar-refractivity contribution in [2.24, 2.45) is 0 Å². The highest BCUT2D eigenvalue weighted by atomic mass is 35.5. The van der Waals surface area contributed by atoms with Gasteiger partial charge in [-0.05, 0) is 43.4 Å². The molecule has 0 heterocycles. The molecule has 0 amide bonds. The van der Waals surface area contributed by atoms with Crippen LogP contribution in [0.3, 0.4) is 0 Å². The maximum Gasteiger partial charge on any atom is 0.303 e. The third kappa shape index (κ3) is 4.73. The first-order valence-corrected chi connectivity index (χ1v) is 6.05. The van der Waals surface area contributed by atoms with E-state index in [-0.39, 0.29) is 12.2 Å². The van der Waals surface area contributed by atoms with E-state index in [1.165, 1.54) is 6.07 Å². The van der Waals surface area contributed by atoms with Gasteiger partial charge in [0.05, 0.1) is 0 Å². The minimum Gasteiger partial charge on any atom is -0.481 e. The molecule has 0 unspecified atom stereocenters. The standard InChI is InChI=1S/C13H16ClFO2/c1-9-7-10(11(14)8-12(9)15)5-3-2-4-6-13(16)17/h7-8H,2-6H2,1H3,(H,16,17). The van der Waals surface area contributed by atoms with Gasteiger partial charge in [0.2, 0.25) is 0 Å². The molecule has 94 valence electrons. The molecule has 1 rings (SSSR count). The molecular formula is C13H16ClFO2. The lowest BCUT2D eigenvalue weighted by Gasteiger charge is -2.06. The van der Waals surface area contributed by atoms with E-state index in [1.807, 2.05) is 0 Å². The van der Waals surface area contributed by atoms with Crippen LogP contribution in [0.5, 0.6) is 0 Å². The normalized spacial score (nSPS) is 10.5. The fourth-order valence-corrected chi connectivity index (χ4v) is 1.92. The summed E-state index contributed by atoms with van der Waals surface area (Å²) in [5.74, 6) is -1.05. The zero-order valence-corrected chi connectivity index (χ0v) is 10.6. The first-order valence-electron chi connectivity index (χ1n) is 5.67. The minimum atomic E-state index is -0.763. The van der Waals surface area contributed by atoms with Gasteiger partial charge in [0.15, 0.2) is 0 Å². The molecule has 0 aliphatic heterocycles. The number of hydrogen-bond donors (Lipinski definition) is 1. The average molecular weight is 259 g/mol. The van der Waals surface area contributed by atoms with E-state index < -0.39 is 5.97 Å². The second-order valence-electron chi connectivity index (χ2n) is 4.15. The van der Waals surface area contributed by atoms with Gasteiger partial charge in [-0.1, -0.05) is 24.1 Å². The molecule has 0 aromatic heterocycles. The lowest BCUT2D eigenvalue weighted by Crippen LogP contribution is -1.95. The molecule has 0 bridgehead atoms. The molecule has 0 atom stereocenters. The Hall–Kier alpha value is -1.09. The van der Waals surface area contributed by atoms with E-state index in [1.54, 1.807) is 13.0 Å². The van der Waals surface area contributed by atoms with E-state index in [2.05, 4.69) is 0 Å². The van der Waals surface area contributed by atoms with Crippen LogP contribution in [0.1, 0.15) is 36.8 Å². The summed E-state index contributed by atoms with van der Waals surface area (Å²) in [5, 5.41) is 8.93. The molecule has 1 aromatic rings. The molecule has 0 spiro atoms. The lowest BCUT2D eigenvalue weighted by molar-refractivity contribution is -0.137. The maximum absolute atomic E-state index is 13.1. The second kappa shape index (κ2) is 6.60. The summed E-state index contributed by atoms with van der Waals surface area (Å²) < 4.78 is 13.1. The summed E-state index contributed by atoms with van der Waals surface area (Å²) in [6, 6.07) is 3.10. The molecule has 2 nitrogen and oxygen atoms in total. The number of carbonyl (C=O) groups is 1. The topological polar surface area (TPSA) is 37.3 Å². The van der Waals surface area contributed by atoms with Crippen molar-refractivity contribution >= 4 is 17.6 Å². The molecule has 0 fully saturated rings. The van der Waals surface area contributed by atoms with Crippen LogP contribution in [0.15, 0.2) is 12.1 Å². The molecule has 17 heavy (non-hydrogen) atoms. The zero-order valence-electron chi connectivity index (χ0n) is 9.80. The first kappa shape index (κ1) is 14.0. The van der Waals surface area contributed by atoms with Gasteiger partial charge in [0.1, 0.15) is 5.82 Å². The molecule has 0 saturated heterocycles. The highest BCUT2D eigenvalue weighted by Crippen LogP contribution is 2.22. The highest BCUT2D eigenvalue weighted by molar-refractivity contribution is 6.31. The van der Waals surface area contributed by atoms with E-state index in [0.29, 0.717) is 17.0 Å². The van der Waals surface area contributed by atoms with Crippen LogP contribution in [0.25, 0.3) is 0 Å². The van der Waals surface area contributed by atoms with Gasteiger partial charge >= 0.3 is 5.97 Å². The van der Waals surface area contributed by atoms with Crippen molar-refractivity contribution in [1.82, 2.24) is 0 Å². The van der Waals surface area contributed by atoms with E-state index >= 15 is 0 Å². The lowest BCUT2D eigenvalue weighted by atomic mass is 10.0. The third-order valence-electron chi connectivity index (χ3n) is 2.66. The number of unbranched alkanes of at least 4 members (excludes halogenated alkanes) is 2. The Morgan fingerprint density at radius 2 is 2.06 bits per heavy atom. The molecule has 0 aliphatic rings. The molecule has 0 aliphatic carbocycles. The maximum atomic E-state index is 13.1. The van der Waals surface area contributed by atoms with Crippen LogP contribution in [-0.4, -0.2) is 11.1 Å². The zero-order chi connectivity index (χ0) is 12.8. The molecule has 1 N–H and O–H groups in total. The van der Waals surface area contributed by atoms with Crippen LogP contribution >= 0.6 is 11.6 Å². The number of hydrogen-bond acceptors (Lipinski definition) is 1. The molecule has 0 saturated carbocycles. The number of benzene rings is 1. The Kier molecular flexibility index (Phi) is 5.42. The van der Waals surface area contributed by atoms with Crippen molar-refractivity contribution < 1.29 is 14.3 Å². The Balaban J connectivity index is 2.41. The van der Waals surface area contributed by atoms with Crippen molar-refractivity contribution in [3.63, 3.8) is 0 Å². The van der Waals surface area contributed by atoms with Crippen molar-refractivity contribution in [2.75, 3.05) is 0 Å². The number of carboxylic acids is 1. The number of aliphatic carboxylic acids is 1. The number of rotatable bonds is 6. The van der Waals surface area contributed by atoms with Crippen molar-refractivity contribution in [3.05, 3.63) is 34.1 Å². The van der Waals surface area contributed by atoms with E-state index in [4.69, 9.17) is 16.7 Å². The SMILES string of the molecule is Cc1cc(CCCCCC(=O)O)c(Cl)cc1F. The van der Waals surface area contributed by atoms with Crippen LogP contribution < -0.4 is 0 Å². The van der Waals surface area contributed by atoms with E-state index in [9.17, 15) is 9.18 Å². The van der Waals surface area contributed by atoms with Gasteiger partial charge in [0, 0.05) is 11.4 Å². The first-order chi connectivity index (χ1) is 8.00. The summed E-state index contributed by atoms with van der Waals surface area (Å²) in [7, 11) is 0. The summed E-state index contributed by atoms with van der Waals surface area (Å²) in [6.07, 6.45) is 3.36. The van der Waals surface area contributed by atoms with Gasteiger partial charge in [-0.15, -0.1) is 0 Å². The Bertz CT molecular complexity index is 405. The molecule has 0 radical (unpaired) electrons. The van der Waals surface area contributed by atoms with Crippen molar-refractivity contribution in [3.8, 4) is 0 Å². The molecule has 1 aromatic carbocycles. The molecule has 4 heteroatoms. The predicted molar refractivity (Wildman–Crippen MR) is 66.0 cm³/mol. The Morgan fingerprint density at radius 1 is 1.35 bits per heavy atom. The summed E-state index contributed by atoms with van der Waals surface area (Å²) in [5.41, 5.74) is 1.52. The number of aryl methyl sites for hydroxylation is 2. The fraction of sp³-hybridized carbons (Fsp3) is 0.462. The average Bonchev–Trinajstić information content (AvgIpc) is 2.24. The number of halogens is 2. The van der Waals surface area contributed by atoms with Gasteiger partial charge in [-0.3, -0.25) is 4.79 Å². The molecular weight excluding hydrogens is 243 g/mol. The van der Waals surface area contributed by atoms with Crippen LogP contribution in [-0.2, 0) is 11.2 Å². The number of carboxylic acid groups (broad SMARTS) is 1. The predicted octanol–water partition coefficient (Wildman–Crippen LogP) is 3.98. The summed E-state index contributed by atoms with van der Waals surface area (Å²) >= 11 is 5.93. The monoisotopic (exact) mass is 258 g/mol. The van der Waals surface area contributed by atoms with Gasteiger partial charge in [0.25, 0.3) is 0 Å². The third-order valence-corrected chi connectivity index (χ3v) is 3.02. The van der Waals surface area contributed by atoms with Gasteiger partial charge in [-0.25, -0.2) is 4.39 Å². The van der Waals surface area contributed by atoms with E-state index in [0.717, 1.165) is 24.8 Å². The Morgan fingerprint density at radius 3 is 2.71 bits per heavy atom. The smallest absolute Gasteiger partial charge is 0.303 e. The second-order valence-corrected chi connectivity index (χ2v) is 4.55.